The number of para-hydroxylation sites is 1. The van der Waals surface area contributed by atoms with Crippen LogP contribution < -0.4 is 14.8 Å². The Hall–Kier alpha value is -2.02. The summed E-state index contributed by atoms with van der Waals surface area (Å²) < 4.78 is 12.2. The molecule has 0 unspecified atom stereocenters. The molecule has 1 fully saturated rings. The van der Waals surface area contributed by atoms with Crippen LogP contribution in [0, 0.1) is 13.8 Å². The Morgan fingerprint density at radius 1 is 1.15 bits per heavy atom. The van der Waals surface area contributed by atoms with E-state index in [0.717, 1.165) is 22.4 Å². The molecule has 0 atom stereocenters. The number of hydrogen-bond acceptors (Lipinski definition) is 5. The average Bonchev–Trinajstić information content (AvgIpc) is 2.92. The topological polar surface area (TPSA) is 47.6 Å². The fourth-order valence-electron chi connectivity index (χ4n) is 2.65. The molecular formula is C20H18ClNO3S2. The molecule has 0 radical (unpaired) electrons. The standard InChI is InChI=1S/C20H18ClNO3S2/c1-12-4-3-5-13(2)18(12)25-9-8-24-16-7-6-15(21)10-14(16)11-17-19(23)22-20(26)27-17/h3-7,10-11H,8-9H2,1-2H3,(H,22,23,26). The van der Waals surface area contributed by atoms with E-state index in [1.54, 1.807) is 24.3 Å². The number of benzene rings is 2. The lowest BCUT2D eigenvalue weighted by molar-refractivity contribution is -0.115. The van der Waals surface area contributed by atoms with Gasteiger partial charge in [-0.15, -0.1) is 0 Å². The average molecular weight is 420 g/mol. The van der Waals surface area contributed by atoms with Crippen molar-refractivity contribution in [3.63, 3.8) is 0 Å². The molecule has 0 saturated carbocycles. The van der Waals surface area contributed by atoms with Crippen LogP contribution in [-0.4, -0.2) is 23.4 Å². The highest BCUT2D eigenvalue weighted by Gasteiger charge is 2.22. The van der Waals surface area contributed by atoms with Crippen LogP contribution in [0.2, 0.25) is 5.02 Å². The van der Waals surface area contributed by atoms with Crippen LogP contribution in [0.3, 0.4) is 0 Å². The van der Waals surface area contributed by atoms with Gasteiger partial charge in [0.05, 0.1) is 4.91 Å². The summed E-state index contributed by atoms with van der Waals surface area (Å²) in [5.41, 5.74) is 2.90. The summed E-state index contributed by atoms with van der Waals surface area (Å²) in [5, 5.41) is 3.16. The van der Waals surface area contributed by atoms with E-state index in [1.807, 2.05) is 32.0 Å². The molecule has 2 aromatic rings. The number of ether oxygens (including phenoxy) is 2. The van der Waals surface area contributed by atoms with Gasteiger partial charge in [0.25, 0.3) is 5.91 Å². The van der Waals surface area contributed by atoms with Crippen LogP contribution in [0.1, 0.15) is 16.7 Å². The molecule has 1 aliphatic heterocycles. The number of rotatable bonds is 6. The van der Waals surface area contributed by atoms with Crippen LogP contribution >= 0.6 is 35.6 Å². The van der Waals surface area contributed by atoms with E-state index < -0.39 is 0 Å². The van der Waals surface area contributed by atoms with Crippen LogP contribution in [0.15, 0.2) is 41.3 Å². The first-order valence-electron chi connectivity index (χ1n) is 8.30. The molecule has 140 valence electrons. The normalized spacial score (nSPS) is 15.1. The van der Waals surface area contributed by atoms with Gasteiger partial charge in [-0.3, -0.25) is 4.79 Å². The lowest BCUT2D eigenvalue weighted by atomic mass is 10.1. The fraction of sp³-hybridized carbons (Fsp3) is 0.200. The predicted octanol–water partition coefficient (Wildman–Crippen LogP) is 4.90. The Bertz CT molecular complexity index is 907. The highest BCUT2D eigenvalue weighted by molar-refractivity contribution is 8.26. The van der Waals surface area contributed by atoms with Gasteiger partial charge in [0.15, 0.2) is 0 Å². The van der Waals surface area contributed by atoms with Gasteiger partial charge in [0.2, 0.25) is 0 Å². The summed E-state index contributed by atoms with van der Waals surface area (Å²) >= 11 is 12.3. The van der Waals surface area contributed by atoms with Gasteiger partial charge >= 0.3 is 0 Å². The largest absolute Gasteiger partial charge is 0.489 e. The minimum absolute atomic E-state index is 0.214. The predicted molar refractivity (Wildman–Crippen MR) is 115 cm³/mol. The smallest absolute Gasteiger partial charge is 0.263 e. The molecule has 3 rings (SSSR count). The van der Waals surface area contributed by atoms with Gasteiger partial charge < -0.3 is 14.8 Å². The van der Waals surface area contributed by atoms with E-state index in [1.165, 1.54) is 11.8 Å². The van der Waals surface area contributed by atoms with Crippen molar-refractivity contribution in [2.24, 2.45) is 0 Å². The summed E-state index contributed by atoms with van der Waals surface area (Å²) in [6.07, 6.45) is 1.73. The second-order valence-corrected chi connectivity index (χ2v) is 8.11. The number of carbonyl (C=O) groups excluding carboxylic acids is 1. The van der Waals surface area contributed by atoms with Gasteiger partial charge in [0, 0.05) is 10.6 Å². The maximum absolute atomic E-state index is 11.9. The molecule has 1 N–H and O–H groups in total. The second kappa shape index (κ2) is 8.78. The highest BCUT2D eigenvalue weighted by Crippen LogP contribution is 2.31. The molecule has 1 amide bonds. The molecule has 0 aromatic heterocycles. The van der Waals surface area contributed by atoms with E-state index in [2.05, 4.69) is 5.32 Å². The van der Waals surface area contributed by atoms with E-state index in [0.29, 0.717) is 33.2 Å². The molecule has 1 aliphatic rings. The molecular weight excluding hydrogens is 402 g/mol. The van der Waals surface area contributed by atoms with Gasteiger partial charge in [-0.2, -0.15) is 0 Å². The number of hydrogen-bond donors (Lipinski definition) is 1. The Balaban J connectivity index is 1.68. The minimum atomic E-state index is -0.214. The van der Waals surface area contributed by atoms with Gasteiger partial charge in [-0.1, -0.05) is 53.8 Å². The molecule has 2 aromatic carbocycles. The van der Waals surface area contributed by atoms with E-state index >= 15 is 0 Å². The van der Waals surface area contributed by atoms with Crippen molar-refractivity contribution in [1.82, 2.24) is 5.32 Å². The summed E-state index contributed by atoms with van der Waals surface area (Å²) in [6.45, 7) is 4.80. The minimum Gasteiger partial charge on any atom is -0.489 e. The van der Waals surface area contributed by atoms with Crippen molar-refractivity contribution in [3.05, 3.63) is 63.0 Å². The number of carbonyl (C=O) groups is 1. The zero-order valence-corrected chi connectivity index (χ0v) is 17.3. The number of nitrogens with one attached hydrogen (secondary N) is 1. The summed E-state index contributed by atoms with van der Waals surface area (Å²) in [7, 11) is 0. The summed E-state index contributed by atoms with van der Waals surface area (Å²) in [6, 6.07) is 11.3. The Morgan fingerprint density at radius 2 is 1.85 bits per heavy atom. The van der Waals surface area contributed by atoms with Crippen LogP contribution in [-0.2, 0) is 4.79 Å². The number of aryl methyl sites for hydroxylation is 2. The molecule has 27 heavy (non-hydrogen) atoms. The van der Waals surface area contributed by atoms with Gasteiger partial charge in [-0.25, -0.2) is 0 Å². The van der Waals surface area contributed by atoms with Crippen molar-refractivity contribution in [2.75, 3.05) is 13.2 Å². The molecule has 1 saturated heterocycles. The highest BCUT2D eigenvalue weighted by atomic mass is 35.5. The third-order valence-electron chi connectivity index (χ3n) is 3.90. The first-order chi connectivity index (χ1) is 12.9. The lowest BCUT2D eigenvalue weighted by Crippen LogP contribution is -2.17. The number of thiocarbonyl (C=S) groups is 1. The maximum atomic E-state index is 11.9. The van der Waals surface area contributed by atoms with Gasteiger partial charge in [-0.05, 0) is 49.2 Å². The number of amides is 1. The molecule has 0 aliphatic carbocycles. The summed E-state index contributed by atoms with van der Waals surface area (Å²) in [5.74, 6) is 1.30. The fourth-order valence-corrected chi connectivity index (χ4v) is 3.86. The van der Waals surface area contributed by atoms with Crippen molar-refractivity contribution in [3.8, 4) is 11.5 Å². The monoisotopic (exact) mass is 419 g/mol. The van der Waals surface area contributed by atoms with Crippen molar-refractivity contribution >= 4 is 51.9 Å². The molecule has 0 bridgehead atoms. The first kappa shape index (κ1) is 19.7. The van der Waals surface area contributed by atoms with E-state index in [-0.39, 0.29) is 5.91 Å². The molecule has 4 nitrogen and oxygen atoms in total. The van der Waals surface area contributed by atoms with Crippen molar-refractivity contribution in [1.29, 1.82) is 0 Å². The van der Waals surface area contributed by atoms with E-state index in [4.69, 9.17) is 33.3 Å². The zero-order valence-electron chi connectivity index (χ0n) is 14.9. The summed E-state index contributed by atoms with van der Waals surface area (Å²) in [4.78, 5) is 12.4. The first-order valence-corrected chi connectivity index (χ1v) is 9.90. The SMILES string of the molecule is Cc1cccc(C)c1OCCOc1ccc(Cl)cc1C=C1SC(=S)NC1=O. The van der Waals surface area contributed by atoms with E-state index in [9.17, 15) is 4.79 Å². The van der Waals surface area contributed by atoms with Gasteiger partial charge in [0.1, 0.15) is 29.0 Å². The van der Waals surface area contributed by atoms with Crippen molar-refractivity contribution < 1.29 is 14.3 Å². The van der Waals surface area contributed by atoms with Crippen LogP contribution in [0.4, 0.5) is 0 Å². The Labute approximate surface area is 172 Å². The lowest BCUT2D eigenvalue weighted by Gasteiger charge is -2.14. The molecule has 1 heterocycles. The Kier molecular flexibility index (Phi) is 6.42. The Morgan fingerprint density at radius 3 is 2.52 bits per heavy atom. The quantitative estimate of drug-likeness (QED) is 0.410. The zero-order chi connectivity index (χ0) is 19.4. The number of thioether (sulfide) groups is 1. The molecule has 0 spiro atoms. The van der Waals surface area contributed by atoms with Crippen LogP contribution in [0.25, 0.3) is 6.08 Å². The second-order valence-electron chi connectivity index (χ2n) is 5.95. The third-order valence-corrected chi connectivity index (χ3v) is 5.29. The third kappa shape index (κ3) is 5.03. The maximum Gasteiger partial charge on any atom is 0.263 e. The number of halogens is 1. The molecule has 7 heteroatoms. The van der Waals surface area contributed by atoms with Crippen molar-refractivity contribution in [2.45, 2.75) is 13.8 Å². The van der Waals surface area contributed by atoms with Crippen LogP contribution in [0.5, 0.6) is 11.5 Å².